The molecule has 1 aliphatic carbocycles. The van der Waals surface area contributed by atoms with Crippen molar-refractivity contribution in [1.29, 1.82) is 0 Å². The van der Waals surface area contributed by atoms with Crippen molar-refractivity contribution >= 4 is 5.84 Å². The predicted molar refractivity (Wildman–Crippen MR) is 74.9 cm³/mol. The molecular weight excluding hydrogens is 210 g/mol. The zero-order chi connectivity index (χ0) is 13.1. The van der Waals surface area contributed by atoms with Gasteiger partial charge in [0, 0.05) is 5.41 Å². The summed E-state index contributed by atoms with van der Waals surface area (Å²) < 4.78 is 0. The third kappa shape index (κ3) is 3.98. The van der Waals surface area contributed by atoms with Crippen molar-refractivity contribution in [3.8, 4) is 0 Å². The molecule has 0 spiro atoms. The van der Waals surface area contributed by atoms with E-state index in [1.807, 2.05) is 0 Å². The van der Waals surface area contributed by atoms with E-state index in [-0.39, 0.29) is 11.0 Å². The summed E-state index contributed by atoms with van der Waals surface area (Å²) in [4.78, 5) is 4.82. The van der Waals surface area contributed by atoms with Crippen LogP contribution < -0.4 is 11.3 Å². The second-order valence-electron chi connectivity index (χ2n) is 6.86. The molecule has 3 N–H and O–H groups in total. The topological polar surface area (TPSA) is 50.4 Å². The van der Waals surface area contributed by atoms with Gasteiger partial charge in [-0.25, -0.2) is 5.84 Å². The van der Waals surface area contributed by atoms with Gasteiger partial charge >= 0.3 is 0 Å². The van der Waals surface area contributed by atoms with Crippen molar-refractivity contribution in [2.24, 2.45) is 22.2 Å². The lowest BCUT2D eigenvalue weighted by Crippen LogP contribution is -2.45. The molecule has 0 heterocycles. The second kappa shape index (κ2) is 5.38. The summed E-state index contributed by atoms with van der Waals surface area (Å²) in [5.41, 5.74) is 3.04. The van der Waals surface area contributed by atoms with Gasteiger partial charge in [0.1, 0.15) is 5.84 Å². The van der Waals surface area contributed by atoms with Crippen molar-refractivity contribution in [3.05, 3.63) is 0 Å². The Morgan fingerprint density at radius 1 is 1.29 bits per heavy atom. The van der Waals surface area contributed by atoms with Crippen LogP contribution in [0.5, 0.6) is 0 Å². The first-order chi connectivity index (χ1) is 7.79. The molecule has 0 aromatic heterocycles. The summed E-state index contributed by atoms with van der Waals surface area (Å²) in [6.07, 6.45) is 6.25. The molecule has 1 saturated carbocycles. The minimum Gasteiger partial charge on any atom is -0.312 e. The van der Waals surface area contributed by atoms with Gasteiger partial charge < -0.3 is 5.43 Å². The maximum Gasteiger partial charge on any atom is 0.117 e. The van der Waals surface area contributed by atoms with E-state index < -0.39 is 0 Å². The third-order valence-corrected chi connectivity index (χ3v) is 3.45. The molecule has 0 saturated heterocycles. The third-order valence-electron chi connectivity index (χ3n) is 3.45. The number of nitrogens with one attached hydrogen (secondary N) is 1. The zero-order valence-corrected chi connectivity index (χ0v) is 12.1. The van der Waals surface area contributed by atoms with Gasteiger partial charge in [0.05, 0.1) is 5.54 Å². The first kappa shape index (κ1) is 14.5. The Morgan fingerprint density at radius 2 is 1.82 bits per heavy atom. The molecule has 1 rings (SSSR count). The Balaban J connectivity index is 2.99. The van der Waals surface area contributed by atoms with E-state index in [0.29, 0.717) is 5.92 Å². The Hall–Kier alpha value is -0.570. The van der Waals surface area contributed by atoms with Crippen LogP contribution in [-0.4, -0.2) is 11.4 Å². The van der Waals surface area contributed by atoms with E-state index in [1.54, 1.807) is 0 Å². The Labute approximate surface area is 106 Å². The van der Waals surface area contributed by atoms with Crippen LogP contribution in [-0.2, 0) is 0 Å². The molecule has 0 aromatic carbocycles. The first-order valence-corrected chi connectivity index (χ1v) is 6.86. The average Bonchev–Trinajstić information content (AvgIpc) is 2.61. The van der Waals surface area contributed by atoms with Crippen LogP contribution in [0.2, 0.25) is 0 Å². The van der Waals surface area contributed by atoms with Crippen LogP contribution in [0, 0.1) is 11.3 Å². The van der Waals surface area contributed by atoms with Gasteiger partial charge in [-0.1, -0.05) is 26.7 Å². The summed E-state index contributed by atoms with van der Waals surface area (Å²) >= 11 is 0. The second-order valence-corrected chi connectivity index (χ2v) is 6.86. The molecule has 0 atom stereocenters. The van der Waals surface area contributed by atoms with Crippen LogP contribution in [0.15, 0.2) is 4.99 Å². The SMILES string of the molecule is CC(C)CC1(C(=NC(C)(C)C)NN)CCCC1. The van der Waals surface area contributed by atoms with Crippen molar-refractivity contribution in [1.82, 2.24) is 5.43 Å². The minimum atomic E-state index is -0.0612. The highest BCUT2D eigenvalue weighted by molar-refractivity contribution is 5.88. The number of hydrogen-bond donors (Lipinski definition) is 2. The summed E-state index contributed by atoms with van der Waals surface area (Å²) in [5.74, 6) is 7.45. The summed E-state index contributed by atoms with van der Waals surface area (Å²) in [7, 11) is 0. The summed E-state index contributed by atoms with van der Waals surface area (Å²) in [5, 5.41) is 0. The number of amidine groups is 1. The molecular formula is C14H29N3. The van der Waals surface area contributed by atoms with E-state index >= 15 is 0 Å². The van der Waals surface area contributed by atoms with Gasteiger partial charge in [-0.3, -0.25) is 4.99 Å². The Morgan fingerprint density at radius 3 is 2.18 bits per heavy atom. The highest BCUT2D eigenvalue weighted by Crippen LogP contribution is 2.44. The van der Waals surface area contributed by atoms with Gasteiger partial charge in [-0.2, -0.15) is 0 Å². The van der Waals surface area contributed by atoms with Crippen molar-refractivity contribution < 1.29 is 0 Å². The maximum atomic E-state index is 5.74. The van der Waals surface area contributed by atoms with Gasteiger partial charge in [0.25, 0.3) is 0 Å². The van der Waals surface area contributed by atoms with Crippen molar-refractivity contribution in [2.75, 3.05) is 0 Å². The Bertz CT molecular complexity index is 268. The van der Waals surface area contributed by atoms with Crippen LogP contribution in [0.3, 0.4) is 0 Å². The molecule has 0 aromatic rings. The largest absolute Gasteiger partial charge is 0.312 e. The van der Waals surface area contributed by atoms with Crippen molar-refractivity contribution in [2.45, 2.75) is 72.3 Å². The molecule has 3 heteroatoms. The lowest BCUT2D eigenvalue weighted by atomic mass is 9.77. The van der Waals surface area contributed by atoms with E-state index in [0.717, 1.165) is 5.84 Å². The van der Waals surface area contributed by atoms with Crippen molar-refractivity contribution in [3.63, 3.8) is 0 Å². The lowest BCUT2D eigenvalue weighted by Gasteiger charge is -2.33. The van der Waals surface area contributed by atoms with Gasteiger partial charge in [0.2, 0.25) is 0 Å². The fourth-order valence-corrected chi connectivity index (χ4v) is 3.01. The first-order valence-electron chi connectivity index (χ1n) is 6.86. The van der Waals surface area contributed by atoms with Crippen LogP contribution in [0.25, 0.3) is 0 Å². The van der Waals surface area contributed by atoms with Gasteiger partial charge in [-0.05, 0) is 46.0 Å². The monoisotopic (exact) mass is 239 g/mol. The highest BCUT2D eigenvalue weighted by Gasteiger charge is 2.39. The highest BCUT2D eigenvalue weighted by atomic mass is 15.3. The summed E-state index contributed by atoms with van der Waals surface area (Å²) in [6, 6.07) is 0. The molecule has 0 aliphatic heterocycles. The quantitative estimate of drug-likeness (QED) is 0.344. The lowest BCUT2D eigenvalue weighted by molar-refractivity contribution is 0.326. The minimum absolute atomic E-state index is 0.0612. The molecule has 3 nitrogen and oxygen atoms in total. The maximum absolute atomic E-state index is 5.74. The standard InChI is InChI=1S/C14H29N3/c1-11(2)10-14(8-6-7-9-14)12(17-15)16-13(3,4)5/h11H,6-10,15H2,1-5H3,(H,16,17). The molecule has 17 heavy (non-hydrogen) atoms. The normalized spacial score (nSPS) is 21.0. The number of rotatable bonds is 3. The molecule has 100 valence electrons. The molecule has 0 amide bonds. The smallest absolute Gasteiger partial charge is 0.117 e. The fourth-order valence-electron chi connectivity index (χ4n) is 3.01. The van der Waals surface area contributed by atoms with E-state index in [9.17, 15) is 0 Å². The molecule has 0 bridgehead atoms. The number of hydrogen-bond acceptors (Lipinski definition) is 2. The zero-order valence-electron chi connectivity index (χ0n) is 12.1. The molecule has 1 fully saturated rings. The van der Waals surface area contributed by atoms with E-state index in [1.165, 1.54) is 32.1 Å². The number of nitrogens with two attached hydrogens (primary N) is 1. The van der Waals surface area contributed by atoms with Crippen LogP contribution in [0.1, 0.15) is 66.7 Å². The molecule has 0 radical (unpaired) electrons. The molecule has 0 unspecified atom stereocenters. The van der Waals surface area contributed by atoms with Crippen LogP contribution >= 0.6 is 0 Å². The molecule has 1 aliphatic rings. The Kier molecular flexibility index (Phi) is 4.59. The fraction of sp³-hybridized carbons (Fsp3) is 0.929. The number of nitrogens with zero attached hydrogens (tertiary/aromatic N) is 1. The van der Waals surface area contributed by atoms with Crippen LogP contribution in [0.4, 0.5) is 0 Å². The predicted octanol–water partition coefficient (Wildman–Crippen LogP) is 3.25. The number of hydrazine groups is 1. The summed E-state index contributed by atoms with van der Waals surface area (Å²) in [6.45, 7) is 10.9. The van der Waals surface area contributed by atoms with Gasteiger partial charge in [-0.15, -0.1) is 0 Å². The van der Waals surface area contributed by atoms with Gasteiger partial charge in [0.15, 0.2) is 0 Å². The average molecular weight is 239 g/mol. The van der Waals surface area contributed by atoms with E-state index in [4.69, 9.17) is 10.8 Å². The number of aliphatic imine (C=N–C) groups is 1. The van der Waals surface area contributed by atoms with E-state index in [2.05, 4.69) is 40.0 Å².